The third-order valence-corrected chi connectivity index (χ3v) is 3.41. The minimum atomic E-state index is -0.285. The molecule has 1 aromatic carbocycles. The molecular weight excluding hydrogens is 374 g/mol. The van der Waals surface area contributed by atoms with Gasteiger partial charge in [-0.3, -0.25) is 9.59 Å². The van der Waals surface area contributed by atoms with E-state index in [4.69, 9.17) is 10.5 Å². The molecule has 1 rings (SSSR count). The highest BCUT2D eigenvalue weighted by atomic mass is 79.9. The Balaban J connectivity index is 0.00000441. The molecule has 0 atom stereocenters. The molecule has 0 unspecified atom stereocenters. The molecule has 6 nitrogen and oxygen atoms in total. The Morgan fingerprint density at radius 1 is 1.32 bits per heavy atom. The van der Waals surface area contributed by atoms with Gasteiger partial charge in [0.2, 0.25) is 5.91 Å². The van der Waals surface area contributed by atoms with Gasteiger partial charge in [-0.25, -0.2) is 0 Å². The molecule has 2 N–H and O–H groups in total. The number of likely N-dealkylation sites (N-methyl/N-ethyl adjacent to an activating group) is 1. The standard InChI is InChI=1S/C14H20BrN3O3.ClH/c1-17(2)13(19)9-18(6-7-21-3)14(20)11-5-4-10(15)8-12(11)16;/h4-5,8H,6-7,9,16H2,1-3H3;1H. The molecule has 0 saturated carbocycles. The Kier molecular flexibility index (Phi) is 9.08. The maximum Gasteiger partial charge on any atom is 0.256 e. The second kappa shape index (κ2) is 9.66. The van der Waals surface area contributed by atoms with E-state index in [9.17, 15) is 9.59 Å². The summed E-state index contributed by atoms with van der Waals surface area (Å²) in [5.74, 6) is -0.442. The van der Waals surface area contributed by atoms with E-state index in [-0.39, 0.29) is 30.8 Å². The van der Waals surface area contributed by atoms with Crippen molar-refractivity contribution < 1.29 is 14.3 Å². The number of ether oxygens (including phenoxy) is 1. The van der Waals surface area contributed by atoms with Crippen LogP contribution in [-0.4, -0.2) is 62.5 Å². The number of nitrogen functional groups attached to an aromatic ring is 1. The fourth-order valence-corrected chi connectivity index (χ4v) is 2.04. The number of hydrogen-bond donors (Lipinski definition) is 1. The van der Waals surface area contributed by atoms with Crippen molar-refractivity contribution in [2.45, 2.75) is 0 Å². The van der Waals surface area contributed by atoms with Gasteiger partial charge in [0.25, 0.3) is 5.91 Å². The van der Waals surface area contributed by atoms with Crippen molar-refractivity contribution >= 4 is 45.8 Å². The van der Waals surface area contributed by atoms with Gasteiger partial charge in [-0.2, -0.15) is 0 Å². The van der Waals surface area contributed by atoms with Crippen molar-refractivity contribution in [2.24, 2.45) is 0 Å². The SMILES string of the molecule is COCCN(CC(=O)N(C)C)C(=O)c1ccc(Br)cc1N.Cl. The third kappa shape index (κ3) is 5.82. The van der Waals surface area contributed by atoms with Gasteiger partial charge in [-0.1, -0.05) is 15.9 Å². The van der Waals surface area contributed by atoms with Crippen LogP contribution in [-0.2, 0) is 9.53 Å². The predicted molar refractivity (Wildman–Crippen MR) is 92.3 cm³/mol. The smallest absolute Gasteiger partial charge is 0.256 e. The van der Waals surface area contributed by atoms with Crippen LogP contribution in [0.4, 0.5) is 5.69 Å². The number of nitrogens with zero attached hydrogens (tertiary/aromatic N) is 2. The van der Waals surface area contributed by atoms with Gasteiger partial charge >= 0.3 is 0 Å². The van der Waals surface area contributed by atoms with E-state index in [1.165, 1.54) is 9.80 Å². The van der Waals surface area contributed by atoms with Crippen molar-refractivity contribution in [3.63, 3.8) is 0 Å². The van der Waals surface area contributed by atoms with Gasteiger partial charge in [0.05, 0.1) is 12.2 Å². The van der Waals surface area contributed by atoms with Gasteiger partial charge in [0.15, 0.2) is 0 Å². The Hall–Kier alpha value is -1.31. The molecule has 1 aromatic rings. The van der Waals surface area contributed by atoms with Crippen LogP contribution in [0.5, 0.6) is 0 Å². The maximum atomic E-state index is 12.5. The van der Waals surface area contributed by atoms with Crippen molar-refractivity contribution in [1.29, 1.82) is 0 Å². The lowest BCUT2D eigenvalue weighted by atomic mass is 10.1. The second-order valence-electron chi connectivity index (χ2n) is 4.74. The Morgan fingerprint density at radius 3 is 2.45 bits per heavy atom. The minimum Gasteiger partial charge on any atom is -0.398 e. The van der Waals surface area contributed by atoms with Gasteiger partial charge in [0, 0.05) is 37.9 Å². The van der Waals surface area contributed by atoms with Gasteiger partial charge in [0.1, 0.15) is 6.54 Å². The van der Waals surface area contributed by atoms with Crippen LogP contribution >= 0.6 is 28.3 Å². The molecule has 0 radical (unpaired) electrons. The summed E-state index contributed by atoms with van der Waals surface area (Å²) in [7, 11) is 4.84. The molecule has 8 heteroatoms. The van der Waals surface area contributed by atoms with Crippen molar-refractivity contribution in [3.8, 4) is 0 Å². The molecule has 0 spiro atoms. The van der Waals surface area contributed by atoms with Crippen LogP contribution in [0, 0.1) is 0 Å². The number of hydrogen-bond acceptors (Lipinski definition) is 4. The van der Waals surface area contributed by atoms with Crippen LogP contribution in [0.25, 0.3) is 0 Å². The van der Waals surface area contributed by atoms with E-state index >= 15 is 0 Å². The summed E-state index contributed by atoms with van der Waals surface area (Å²) in [6, 6.07) is 5.04. The van der Waals surface area contributed by atoms with Crippen molar-refractivity contribution in [2.75, 3.05) is 46.6 Å². The highest BCUT2D eigenvalue weighted by Gasteiger charge is 2.21. The van der Waals surface area contributed by atoms with Gasteiger partial charge < -0.3 is 20.3 Å². The largest absolute Gasteiger partial charge is 0.398 e. The number of nitrogens with two attached hydrogens (primary N) is 1. The molecule has 0 aliphatic carbocycles. The molecule has 2 amide bonds. The van der Waals surface area contributed by atoms with E-state index in [0.29, 0.717) is 24.4 Å². The zero-order chi connectivity index (χ0) is 16.0. The Bertz CT molecular complexity index is 526. The lowest BCUT2D eigenvalue weighted by Crippen LogP contribution is -2.42. The molecule has 0 aliphatic heterocycles. The molecule has 0 aromatic heterocycles. The van der Waals surface area contributed by atoms with Crippen LogP contribution in [0.3, 0.4) is 0 Å². The number of benzene rings is 1. The van der Waals surface area contributed by atoms with Crippen LogP contribution in [0.1, 0.15) is 10.4 Å². The number of halogens is 2. The zero-order valence-corrected chi connectivity index (χ0v) is 15.2. The molecule has 0 saturated heterocycles. The first-order chi connectivity index (χ1) is 9.86. The summed E-state index contributed by atoms with van der Waals surface area (Å²) in [5.41, 5.74) is 6.62. The number of carbonyl (C=O) groups excluding carboxylic acids is 2. The average Bonchev–Trinajstić information content (AvgIpc) is 2.42. The quantitative estimate of drug-likeness (QED) is 0.744. The summed E-state index contributed by atoms with van der Waals surface area (Å²) < 4.78 is 5.79. The Labute approximate surface area is 145 Å². The first kappa shape index (κ1) is 20.7. The lowest BCUT2D eigenvalue weighted by molar-refractivity contribution is -0.129. The van der Waals surface area contributed by atoms with E-state index in [1.54, 1.807) is 39.4 Å². The summed E-state index contributed by atoms with van der Waals surface area (Å²) in [4.78, 5) is 27.3. The monoisotopic (exact) mass is 393 g/mol. The van der Waals surface area contributed by atoms with E-state index < -0.39 is 0 Å². The lowest BCUT2D eigenvalue weighted by Gasteiger charge is -2.24. The molecular formula is C14H21BrClN3O3. The van der Waals surface area contributed by atoms with E-state index in [0.717, 1.165) is 4.47 Å². The number of anilines is 1. The molecule has 0 fully saturated rings. The molecule has 0 aliphatic rings. The Morgan fingerprint density at radius 2 is 1.95 bits per heavy atom. The second-order valence-corrected chi connectivity index (χ2v) is 5.65. The number of amides is 2. The molecule has 124 valence electrons. The van der Waals surface area contributed by atoms with Crippen LogP contribution < -0.4 is 5.73 Å². The molecule has 22 heavy (non-hydrogen) atoms. The maximum absolute atomic E-state index is 12.5. The fraction of sp³-hybridized carbons (Fsp3) is 0.429. The fourth-order valence-electron chi connectivity index (χ4n) is 1.66. The van der Waals surface area contributed by atoms with Crippen LogP contribution in [0.2, 0.25) is 0 Å². The van der Waals surface area contributed by atoms with Gasteiger partial charge in [-0.15, -0.1) is 12.4 Å². The van der Waals surface area contributed by atoms with Gasteiger partial charge in [-0.05, 0) is 18.2 Å². The van der Waals surface area contributed by atoms with Crippen LogP contribution in [0.15, 0.2) is 22.7 Å². The number of carbonyl (C=O) groups is 2. The predicted octanol–water partition coefficient (Wildman–Crippen LogP) is 1.63. The summed E-state index contributed by atoms with van der Waals surface area (Å²) >= 11 is 3.30. The molecule has 0 bridgehead atoms. The average molecular weight is 395 g/mol. The normalized spacial score (nSPS) is 9.82. The summed E-state index contributed by atoms with van der Waals surface area (Å²) in [5, 5.41) is 0. The van der Waals surface area contributed by atoms with E-state index in [1.807, 2.05) is 0 Å². The number of rotatable bonds is 6. The zero-order valence-electron chi connectivity index (χ0n) is 12.8. The molecule has 0 heterocycles. The van der Waals surface area contributed by atoms with Crippen molar-refractivity contribution in [3.05, 3.63) is 28.2 Å². The highest BCUT2D eigenvalue weighted by molar-refractivity contribution is 9.10. The number of methoxy groups -OCH3 is 1. The highest BCUT2D eigenvalue weighted by Crippen LogP contribution is 2.20. The topological polar surface area (TPSA) is 75.9 Å². The summed E-state index contributed by atoms with van der Waals surface area (Å²) in [6.07, 6.45) is 0. The van der Waals surface area contributed by atoms with E-state index in [2.05, 4.69) is 15.9 Å². The minimum absolute atomic E-state index is 0. The summed E-state index contributed by atoms with van der Waals surface area (Å²) in [6.45, 7) is 0.665. The first-order valence-electron chi connectivity index (χ1n) is 6.40. The van der Waals surface area contributed by atoms with Crippen molar-refractivity contribution in [1.82, 2.24) is 9.80 Å². The third-order valence-electron chi connectivity index (χ3n) is 2.92. The first-order valence-corrected chi connectivity index (χ1v) is 7.19.